The molecule has 0 fully saturated rings. The number of esters is 1. The molecule has 1 amide bonds. The molecule has 2 aromatic rings. The summed E-state index contributed by atoms with van der Waals surface area (Å²) in [4.78, 5) is 35.2. The molecule has 9 heteroatoms. The molecule has 0 spiro atoms. The fourth-order valence-electron chi connectivity index (χ4n) is 2.52. The van der Waals surface area contributed by atoms with Gasteiger partial charge in [-0.2, -0.15) is 0 Å². The third kappa shape index (κ3) is 6.27. The van der Waals surface area contributed by atoms with Crippen LogP contribution in [0.2, 0.25) is 0 Å². The number of hydrogen-bond acceptors (Lipinski definition) is 6. The fraction of sp³-hybridized carbons (Fsp3) is 0.263. The molecule has 28 heavy (non-hydrogen) atoms. The number of rotatable bonds is 9. The quantitative estimate of drug-likeness (QED) is 0.388. The first-order valence-corrected chi connectivity index (χ1v) is 9.76. The average Bonchev–Trinajstić information content (AvgIpc) is 2.71. The Morgan fingerprint density at radius 2 is 1.89 bits per heavy atom. The molecule has 0 unspecified atom stereocenters. The summed E-state index contributed by atoms with van der Waals surface area (Å²) in [6.45, 7) is 0. The minimum Gasteiger partial charge on any atom is -0.467 e. The zero-order valence-electron chi connectivity index (χ0n) is 15.2. The van der Waals surface area contributed by atoms with Crippen LogP contribution in [0, 0.1) is 10.1 Å². The van der Waals surface area contributed by atoms with Gasteiger partial charge in [0.2, 0.25) is 5.91 Å². The average molecular weight is 404 g/mol. The topological polar surface area (TPSA) is 116 Å². The monoisotopic (exact) mass is 404 g/mol. The van der Waals surface area contributed by atoms with Gasteiger partial charge < -0.3 is 10.1 Å². The van der Waals surface area contributed by atoms with Crippen molar-refractivity contribution in [2.75, 3.05) is 12.9 Å². The Kier molecular flexibility index (Phi) is 7.82. The number of hydrogen-bond donors (Lipinski definition) is 1. The molecule has 0 saturated heterocycles. The van der Waals surface area contributed by atoms with E-state index in [0.29, 0.717) is 10.5 Å². The van der Waals surface area contributed by atoms with Crippen LogP contribution in [0.25, 0.3) is 0 Å². The van der Waals surface area contributed by atoms with Crippen molar-refractivity contribution in [2.45, 2.75) is 23.8 Å². The number of nitro benzene ring substituents is 1. The molecule has 2 atom stereocenters. The Labute approximate surface area is 164 Å². The Morgan fingerprint density at radius 3 is 2.54 bits per heavy atom. The highest BCUT2D eigenvalue weighted by atomic mass is 32.2. The number of benzene rings is 2. The lowest BCUT2D eigenvalue weighted by Gasteiger charge is -2.16. The lowest BCUT2D eigenvalue weighted by molar-refractivity contribution is -0.384. The van der Waals surface area contributed by atoms with Crippen LogP contribution in [0.15, 0.2) is 59.5 Å². The molecule has 0 aliphatic heterocycles. The van der Waals surface area contributed by atoms with Crippen molar-refractivity contribution >= 4 is 28.4 Å². The molecule has 1 N–H and O–H groups in total. The largest absolute Gasteiger partial charge is 0.467 e. The first-order chi connectivity index (χ1) is 13.4. The normalized spacial score (nSPS) is 12.6. The number of ether oxygens (including phenoxy) is 1. The van der Waals surface area contributed by atoms with Gasteiger partial charge in [-0.25, -0.2) is 4.79 Å². The smallest absolute Gasteiger partial charge is 0.328 e. The Morgan fingerprint density at radius 1 is 1.18 bits per heavy atom. The van der Waals surface area contributed by atoms with Gasteiger partial charge in [-0.3, -0.25) is 19.1 Å². The van der Waals surface area contributed by atoms with Gasteiger partial charge in [-0.1, -0.05) is 30.3 Å². The predicted octanol–water partition coefficient (Wildman–Crippen LogP) is 1.99. The second-order valence-corrected chi connectivity index (χ2v) is 7.47. The number of nitro groups is 1. The van der Waals surface area contributed by atoms with Gasteiger partial charge in [0.1, 0.15) is 6.04 Å². The predicted molar refractivity (Wildman–Crippen MR) is 103 cm³/mol. The van der Waals surface area contributed by atoms with Crippen LogP contribution in [0.3, 0.4) is 0 Å². The summed E-state index contributed by atoms with van der Waals surface area (Å²) in [7, 11) is -0.113. The highest BCUT2D eigenvalue weighted by Crippen LogP contribution is 2.14. The van der Waals surface area contributed by atoms with E-state index >= 15 is 0 Å². The van der Waals surface area contributed by atoms with Crippen LogP contribution in [-0.2, 0) is 31.5 Å². The number of non-ortho nitro benzene ring substituents is 1. The summed E-state index contributed by atoms with van der Waals surface area (Å²) in [6.07, 6.45) is 0.00576. The number of nitrogens with one attached hydrogen (secondary N) is 1. The molecule has 0 aliphatic rings. The van der Waals surface area contributed by atoms with Crippen molar-refractivity contribution in [1.82, 2.24) is 5.32 Å². The van der Waals surface area contributed by atoms with Crippen LogP contribution in [-0.4, -0.2) is 39.9 Å². The molecule has 0 radical (unpaired) electrons. The first-order valence-electron chi connectivity index (χ1n) is 8.44. The van der Waals surface area contributed by atoms with E-state index in [0.717, 1.165) is 0 Å². The molecular formula is C19H20N2O6S. The molecular weight excluding hydrogens is 384 g/mol. The van der Waals surface area contributed by atoms with Crippen LogP contribution >= 0.6 is 0 Å². The van der Waals surface area contributed by atoms with E-state index in [9.17, 15) is 23.9 Å². The summed E-state index contributed by atoms with van der Waals surface area (Å²) in [6, 6.07) is 13.6. The van der Waals surface area contributed by atoms with Gasteiger partial charge in [0.25, 0.3) is 5.69 Å². The SMILES string of the molecule is COC(=O)[C@H](CC[S@@](=O)c1ccccc1)NC(=O)Cc1cccc([N+](=O)[O-])c1. The molecule has 0 saturated carbocycles. The highest BCUT2D eigenvalue weighted by molar-refractivity contribution is 7.85. The van der Waals surface area contributed by atoms with Crippen molar-refractivity contribution in [1.29, 1.82) is 0 Å². The molecule has 0 heterocycles. The third-order valence-corrected chi connectivity index (χ3v) is 5.31. The van der Waals surface area contributed by atoms with E-state index in [4.69, 9.17) is 4.74 Å². The van der Waals surface area contributed by atoms with Gasteiger partial charge in [0.05, 0.1) is 29.3 Å². The van der Waals surface area contributed by atoms with Crippen molar-refractivity contribution in [3.63, 3.8) is 0 Å². The zero-order chi connectivity index (χ0) is 20.5. The Bertz CT molecular complexity index is 872. The molecule has 2 aromatic carbocycles. The summed E-state index contributed by atoms with van der Waals surface area (Å²) in [5, 5.41) is 13.4. The zero-order valence-corrected chi connectivity index (χ0v) is 16.0. The number of carbonyl (C=O) groups excluding carboxylic acids is 2. The van der Waals surface area contributed by atoms with Gasteiger partial charge >= 0.3 is 5.97 Å². The number of nitrogens with zero attached hydrogens (tertiary/aromatic N) is 1. The second kappa shape index (κ2) is 10.3. The third-order valence-electron chi connectivity index (χ3n) is 3.91. The maximum Gasteiger partial charge on any atom is 0.328 e. The second-order valence-electron chi connectivity index (χ2n) is 5.90. The van der Waals surface area contributed by atoms with E-state index in [1.807, 2.05) is 6.07 Å². The van der Waals surface area contributed by atoms with Crippen LogP contribution in [0.1, 0.15) is 12.0 Å². The van der Waals surface area contributed by atoms with E-state index in [2.05, 4.69) is 5.32 Å². The summed E-state index contributed by atoms with van der Waals surface area (Å²) in [5.74, 6) is -0.959. The minimum atomic E-state index is -1.32. The summed E-state index contributed by atoms with van der Waals surface area (Å²) >= 11 is 0. The number of carbonyl (C=O) groups is 2. The first kappa shape index (κ1) is 21.2. The Hall–Kier alpha value is -3.07. The van der Waals surface area contributed by atoms with Crippen molar-refractivity contribution in [3.8, 4) is 0 Å². The lowest BCUT2D eigenvalue weighted by atomic mass is 10.1. The van der Waals surface area contributed by atoms with Crippen LogP contribution in [0.5, 0.6) is 0 Å². The van der Waals surface area contributed by atoms with Crippen LogP contribution < -0.4 is 5.32 Å². The highest BCUT2D eigenvalue weighted by Gasteiger charge is 2.23. The Balaban J connectivity index is 1.98. The van der Waals surface area contributed by atoms with E-state index in [1.54, 1.807) is 30.3 Å². The van der Waals surface area contributed by atoms with Crippen molar-refractivity contribution < 1.29 is 23.5 Å². The lowest BCUT2D eigenvalue weighted by Crippen LogP contribution is -2.43. The number of methoxy groups -OCH3 is 1. The molecule has 148 valence electrons. The molecule has 8 nitrogen and oxygen atoms in total. The molecule has 2 rings (SSSR count). The summed E-state index contributed by atoms with van der Waals surface area (Å²) in [5.41, 5.74) is 0.330. The maximum atomic E-state index is 12.3. The van der Waals surface area contributed by atoms with Gasteiger partial charge in [-0.05, 0) is 24.1 Å². The molecule has 0 bridgehead atoms. The summed E-state index contributed by atoms with van der Waals surface area (Å²) < 4.78 is 17.0. The molecule has 0 aromatic heterocycles. The fourth-order valence-corrected chi connectivity index (χ4v) is 3.66. The van der Waals surface area contributed by atoms with Gasteiger partial charge in [-0.15, -0.1) is 0 Å². The van der Waals surface area contributed by atoms with E-state index in [1.165, 1.54) is 25.3 Å². The van der Waals surface area contributed by atoms with E-state index < -0.39 is 33.6 Å². The van der Waals surface area contributed by atoms with Crippen LogP contribution in [0.4, 0.5) is 5.69 Å². The minimum absolute atomic E-state index is 0.118. The van der Waals surface area contributed by atoms with Gasteiger partial charge in [0.15, 0.2) is 0 Å². The van der Waals surface area contributed by atoms with Crippen molar-refractivity contribution in [3.05, 3.63) is 70.3 Å². The standard InChI is InChI=1S/C19H20N2O6S/c1-27-19(23)17(10-11-28(26)16-8-3-2-4-9-16)20-18(22)13-14-6-5-7-15(12-14)21(24)25/h2-9,12,17H,10-11,13H2,1H3,(H,20,22)/t17-,28+/m0/s1. The van der Waals surface area contributed by atoms with Gasteiger partial charge in [0, 0.05) is 22.8 Å². The number of amides is 1. The molecule has 0 aliphatic carbocycles. The van der Waals surface area contributed by atoms with E-state index in [-0.39, 0.29) is 24.3 Å². The maximum absolute atomic E-state index is 12.3. The van der Waals surface area contributed by atoms with Crippen molar-refractivity contribution in [2.24, 2.45) is 0 Å².